The molecule has 16 heavy (non-hydrogen) atoms. The first kappa shape index (κ1) is 12.3. The average Bonchev–Trinajstić information content (AvgIpc) is 2.14. The Kier molecular flexibility index (Phi) is 3.06. The van der Waals surface area contributed by atoms with Crippen LogP contribution in [-0.2, 0) is 6.18 Å². The Bertz CT molecular complexity index is 418. The molecule has 0 N–H and O–H groups in total. The van der Waals surface area contributed by atoms with Crippen molar-refractivity contribution >= 4 is 5.69 Å². The van der Waals surface area contributed by atoms with Crippen molar-refractivity contribution in [2.45, 2.75) is 12.6 Å². The molecule has 0 spiro atoms. The molecule has 1 rings (SSSR count). The SMILES string of the molecule is O=[N+]([O-])c1ccnc(C(F)(F)F)c1C(F)F. The number of halogens is 5. The van der Waals surface area contributed by atoms with Crippen molar-refractivity contribution in [2.75, 3.05) is 0 Å². The van der Waals surface area contributed by atoms with Gasteiger partial charge in [-0.25, -0.2) is 8.78 Å². The maximum Gasteiger partial charge on any atom is 0.434 e. The number of nitro groups is 1. The molecule has 0 aliphatic rings. The van der Waals surface area contributed by atoms with Gasteiger partial charge in [-0.2, -0.15) is 13.2 Å². The van der Waals surface area contributed by atoms with E-state index < -0.39 is 34.5 Å². The molecule has 0 bridgehead atoms. The van der Waals surface area contributed by atoms with E-state index in [0.29, 0.717) is 12.3 Å². The zero-order valence-corrected chi connectivity index (χ0v) is 7.33. The largest absolute Gasteiger partial charge is 0.434 e. The summed E-state index contributed by atoms with van der Waals surface area (Å²) in [6.07, 6.45) is -8.31. The highest BCUT2D eigenvalue weighted by Gasteiger charge is 2.41. The maximum atomic E-state index is 12.3. The topological polar surface area (TPSA) is 56.0 Å². The summed E-state index contributed by atoms with van der Waals surface area (Å²) in [7, 11) is 0. The summed E-state index contributed by atoms with van der Waals surface area (Å²) in [5.74, 6) is 0. The van der Waals surface area contributed by atoms with Crippen LogP contribution in [0.5, 0.6) is 0 Å². The van der Waals surface area contributed by atoms with Gasteiger partial charge in [-0.3, -0.25) is 15.1 Å². The number of pyridine rings is 1. The fourth-order valence-corrected chi connectivity index (χ4v) is 1.06. The standard InChI is InChI=1S/C7H3F5N2O2/c8-6(9)4-3(14(15)16)1-2-13-5(4)7(10,11)12/h1-2,6H. The fraction of sp³-hybridized carbons (Fsp3) is 0.286. The Morgan fingerprint density at radius 1 is 1.38 bits per heavy atom. The molecule has 0 fully saturated rings. The summed E-state index contributed by atoms with van der Waals surface area (Å²) >= 11 is 0. The number of rotatable bonds is 2. The lowest BCUT2D eigenvalue weighted by Gasteiger charge is -2.10. The normalized spacial score (nSPS) is 11.9. The van der Waals surface area contributed by atoms with E-state index in [1.165, 1.54) is 0 Å². The minimum absolute atomic E-state index is 0.465. The second-order valence-corrected chi connectivity index (χ2v) is 2.65. The van der Waals surface area contributed by atoms with E-state index >= 15 is 0 Å². The number of hydrogen-bond donors (Lipinski definition) is 0. The molecule has 0 radical (unpaired) electrons. The first-order chi connectivity index (χ1) is 7.25. The smallest absolute Gasteiger partial charge is 0.258 e. The molecule has 0 atom stereocenters. The van der Waals surface area contributed by atoms with E-state index in [9.17, 15) is 32.1 Å². The summed E-state index contributed by atoms with van der Waals surface area (Å²) in [6, 6.07) is 0.497. The predicted molar refractivity (Wildman–Crippen MR) is 40.9 cm³/mol. The summed E-state index contributed by atoms with van der Waals surface area (Å²) in [4.78, 5) is 11.7. The van der Waals surface area contributed by atoms with Gasteiger partial charge in [-0.1, -0.05) is 0 Å². The molecule has 0 unspecified atom stereocenters. The maximum absolute atomic E-state index is 12.3. The van der Waals surface area contributed by atoms with Crippen LogP contribution in [0.4, 0.5) is 27.6 Å². The van der Waals surface area contributed by atoms with Crippen LogP contribution in [0.3, 0.4) is 0 Å². The van der Waals surface area contributed by atoms with Gasteiger partial charge in [-0.05, 0) is 0 Å². The van der Waals surface area contributed by atoms with E-state index in [4.69, 9.17) is 0 Å². The van der Waals surface area contributed by atoms with Gasteiger partial charge in [0, 0.05) is 12.3 Å². The van der Waals surface area contributed by atoms with Crippen molar-refractivity contribution in [2.24, 2.45) is 0 Å². The summed E-state index contributed by atoms with van der Waals surface area (Å²) in [6.45, 7) is 0. The van der Waals surface area contributed by atoms with Crippen LogP contribution >= 0.6 is 0 Å². The quantitative estimate of drug-likeness (QED) is 0.455. The van der Waals surface area contributed by atoms with Crippen LogP contribution in [0.15, 0.2) is 12.3 Å². The van der Waals surface area contributed by atoms with Gasteiger partial charge >= 0.3 is 6.18 Å². The zero-order valence-electron chi connectivity index (χ0n) is 7.33. The number of hydrogen-bond acceptors (Lipinski definition) is 3. The molecule has 0 saturated carbocycles. The second-order valence-electron chi connectivity index (χ2n) is 2.65. The van der Waals surface area contributed by atoms with Gasteiger partial charge in [0.2, 0.25) is 0 Å². The van der Waals surface area contributed by atoms with Crippen LogP contribution in [0.1, 0.15) is 17.7 Å². The summed E-state index contributed by atoms with van der Waals surface area (Å²) < 4.78 is 61.4. The first-order valence-corrected chi connectivity index (χ1v) is 3.73. The monoisotopic (exact) mass is 242 g/mol. The van der Waals surface area contributed by atoms with Gasteiger partial charge in [0.1, 0.15) is 5.56 Å². The lowest BCUT2D eigenvalue weighted by Crippen LogP contribution is -2.14. The Morgan fingerprint density at radius 3 is 2.31 bits per heavy atom. The van der Waals surface area contributed by atoms with Crippen molar-refractivity contribution in [3.63, 3.8) is 0 Å². The van der Waals surface area contributed by atoms with E-state index in [1.807, 2.05) is 0 Å². The van der Waals surface area contributed by atoms with Crippen molar-refractivity contribution in [3.05, 3.63) is 33.6 Å². The third kappa shape index (κ3) is 2.23. The molecule has 4 nitrogen and oxygen atoms in total. The minimum atomic E-state index is -5.15. The minimum Gasteiger partial charge on any atom is -0.258 e. The number of nitrogens with zero attached hydrogens (tertiary/aromatic N) is 2. The Morgan fingerprint density at radius 2 is 1.94 bits per heavy atom. The van der Waals surface area contributed by atoms with Crippen LogP contribution in [-0.4, -0.2) is 9.91 Å². The highest BCUT2D eigenvalue weighted by Crippen LogP contribution is 2.39. The second kappa shape index (κ2) is 3.99. The lowest BCUT2D eigenvalue weighted by molar-refractivity contribution is -0.386. The Hall–Kier alpha value is -1.80. The van der Waals surface area contributed by atoms with E-state index in [-0.39, 0.29) is 0 Å². The van der Waals surface area contributed by atoms with E-state index in [2.05, 4.69) is 4.98 Å². The Labute approximate surface area is 84.9 Å². The molecule has 0 amide bonds. The molecular formula is C7H3F5N2O2. The van der Waals surface area contributed by atoms with Crippen molar-refractivity contribution in [1.29, 1.82) is 0 Å². The fourth-order valence-electron chi connectivity index (χ4n) is 1.06. The van der Waals surface area contributed by atoms with Crippen molar-refractivity contribution in [1.82, 2.24) is 4.98 Å². The van der Waals surface area contributed by atoms with Crippen molar-refractivity contribution < 1.29 is 26.9 Å². The average molecular weight is 242 g/mol. The van der Waals surface area contributed by atoms with Crippen LogP contribution in [0.2, 0.25) is 0 Å². The van der Waals surface area contributed by atoms with Gasteiger partial charge in [0.25, 0.3) is 12.1 Å². The van der Waals surface area contributed by atoms with Gasteiger partial charge in [0.15, 0.2) is 5.69 Å². The molecule has 1 aromatic rings. The molecule has 0 saturated heterocycles. The predicted octanol–water partition coefficient (Wildman–Crippen LogP) is 2.95. The van der Waals surface area contributed by atoms with Gasteiger partial charge in [0.05, 0.1) is 4.92 Å². The van der Waals surface area contributed by atoms with Crippen molar-refractivity contribution in [3.8, 4) is 0 Å². The number of aromatic nitrogens is 1. The Balaban J connectivity index is 3.51. The highest BCUT2D eigenvalue weighted by molar-refractivity contribution is 5.43. The molecule has 1 aromatic heterocycles. The number of alkyl halides is 5. The van der Waals surface area contributed by atoms with Gasteiger partial charge < -0.3 is 0 Å². The lowest BCUT2D eigenvalue weighted by atomic mass is 10.1. The molecule has 1 heterocycles. The first-order valence-electron chi connectivity index (χ1n) is 3.73. The molecule has 0 aromatic carbocycles. The third-order valence-corrected chi connectivity index (χ3v) is 1.65. The van der Waals surface area contributed by atoms with Crippen LogP contribution < -0.4 is 0 Å². The summed E-state index contributed by atoms with van der Waals surface area (Å²) in [5.41, 5.74) is -4.94. The molecular weight excluding hydrogens is 239 g/mol. The van der Waals surface area contributed by atoms with Crippen LogP contribution in [0, 0.1) is 10.1 Å². The highest BCUT2D eigenvalue weighted by atomic mass is 19.4. The molecule has 0 aliphatic heterocycles. The summed E-state index contributed by atoms with van der Waals surface area (Å²) in [5, 5.41) is 10.3. The van der Waals surface area contributed by atoms with Gasteiger partial charge in [-0.15, -0.1) is 0 Å². The molecule has 88 valence electrons. The molecule has 0 aliphatic carbocycles. The van der Waals surface area contributed by atoms with Crippen LogP contribution in [0.25, 0.3) is 0 Å². The van der Waals surface area contributed by atoms with E-state index in [1.54, 1.807) is 0 Å². The van der Waals surface area contributed by atoms with E-state index in [0.717, 1.165) is 0 Å². The third-order valence-electron chi connectivity index (χ3n) is 1.65. The molecule has 9 heteroatoms. The zero-order chi connectivity index (χ0) is 12.5.